The van der Waals surface area contributed by atoms with Gasteiger partial charge in [-0.15, -0.1) is 0 Å². The zero-order valence-corrected chi connectivity index (χ0v) is 9.95. The summed E-state index contributed by atoms with van der Waals surface area (Å²) in [6, 6.07) is 0. The van der Waals surface area contributed by atoms with Gasteiger partial charge in [0.05, 0.1) is 11.8 Å². The van der Waals surface area contributed by atoms with Crippen molar-refractivity contribution in [2.45, 2.75) is 39.8 Å². The second-order valence-corrected chi connectivity index (χ2v) is 4.18. The number of aromatic nitrogens is 1. The van der Waals surface area contributed by atoms with Crippen LogP contribution in [0.2, 0.25) is 0 Å². The van der Waals surface area contributed by atoms with Crippen molar-refractivity contribution in [3.63, 3.8) is 0 Å². The Morgan fingerprint density at radius 1 is 1.47 bits per heavy atom. The van der Waals surface area contributed by atoms with Crippen LogP contribution < -0.4 is 0 Å². The first kappa shape index (κ1) is 12.2. The first-order chi connectivity index (χ1) is 7.00. The van der Waals surface area contributed by atoms with E-state index in [9.17, 15) is 5.11 Å². The smallest absolute Gasteiger partial charge is 0.138 e. The van der Waals surface area contributed by atoms with Gasteiger partial charge in [0.15, 0.2) is 0 Å². The van der Waals surface area contributed by atoms with Gasteiger partial charge in [-0.3, -0.25) is 0 Å². The monoisotopic (exact) mass is 212 g/mol. The maximum atomic E-state index is 9.18. The second kappa shape index (κ2) is 5.28. The van der Waals surface area contributed by atoms with Crippen LogP contribution in [0.15, 0.2) is 4.52 Å². The van der Waals surface area contributed by atoms with Gasteiger partial charge in [0.25, 0.3) is 0 Å². The lowest BCUT2D eigenvalue weighted by atomic mass is 10.2. The highest BCUT2D eigenvalue weighted by Gasteiger charge is 2.11. The zero-order valence-electron chi connectivity index (χ0n) is 9.95. The van der Waals surface area contributed by atoms with Crippen molar-refractivity contribution in [2.75, 3.05) is 13.6 Å². The molecule has 0 saturated heterocycles. The van der Waals surface area contributed by atoms with Crippen LogP contribution in [0.25, 0.3) is 0 Å². The van der Waals surface area contributed by atoms with E-state index in [1.165, 1.54) is 0 Å². The van der Waals surface area contributed by atoms with E-state index < -0.39 is 0 Å². The Hall–Kier alpha value is -0.870. The van der Waals surface area contributed by atoms with Crippen LogP contribution in [0.1, 0.15) is 30.4 Å². The normalized spacial score (nSPS) is 13.5. The Labute approximate surface area is 90.9 Å². The number of hydrogen-bond acceptors (Lipinski definition) is 4. The lowest BCUT2D eigenvalue weighted by molar-refractivity contribution is 0.162. The van der Waals surface area contributed by atoms with Crippen molar-refractivity contribution in [3.05, 3.63) is 17.0 Å². The molecule has 1 N–H and O–H groups in total. The SMILES string of the molecule is Cc1noc(C)c1CN(C)CCC(C)O. The first-order valence-corrected chi connectivity index (χ1v) is 5.29. The molecular weight excluding hydrogens is 192 g/mol. The summed E-state index contributed by atoms with van der Waals surface area (Å²) in [4.78, 5) is 2.17. The Morgan fingerprint density at radius 2 is 2.13 bits per heavy atom. The van der Waals surface area contributed by atoms with E-state index in [-0.39, 0.29) is 6.10 Å². The van der Waals surface area contributed by atoms with E-state index in [2.05, 4.69) is 10.1 Å². The molecule has 4 nitrogen and oxygen atoms in total. The molecule has 0 saturated carbocycles. The fourth-order valence-electron chi connectivity index (χ4n) is 1.48. The molecule has 4 heteroatoms. The summed E-state index contributed by atoms with van der Waals surface area (Å²) in [7, 11) is 2.04. The summed E-state index contributed by atoms with van der Waals surface area (Å²) in [6.07, 6.45) is 0.553. The molecular formula is C11H20N2O2. The molecule has 1 heterocycles. The third kappa shape index (κ3) is 3.64. The van der Waals surface area contributed by atoms with Gasteiger partial charge in [-0.05, 0) is 34.2 Å². The van der Waals surface area contributed by atoms with Crippen LogP contribution in [0.3, 0.4) is 0 Å². The molecule has 0 spiro atoms. The minimum absolute atomic E-state index is 0.239. The average Bonchev–Trinajstić information content (AvgIpc) is 2.46. The summed E-state index contributed by atoms with van der Waals surface area (Å²) >= 11 is 0. The fourth-order valence-corrected chi connectivity index (χ4v) is 1.48. The lowest BCUT2D eigenvalue weighted by Crippen LogP contribution is -2.22. The number of rotatable bonds is 5. The van der Waals surface area contributed by atoms with E-state index in [0.29, 0.717) is 0 Å². The third-order valence-corrected chi connectivity index (χ3v) is 2.54. The standard InChI is InChI=1S/C11H20N2O2/c1-8(14)5-6-13(4)7-11-9(2)12-15-10(11)3/h8,14H,5-7H2,1-4H3. The number of aryl methyl sites for hydroxylation is 2. The van der Waals surface area contributed by atoms with Gasteiger partial charge >= 0.3 is 0 Å². The molecule has 0 aliphatic carbocycles. The summed E-state index contributed by atoms with van der Waals surface area (Å²) in [5.41, 5.74) is 2.11. The number of hydrogen-bond donors (Lipinski definition) is 1. The molecule has 1 rings (SSSR count). The van der Waals surface area contributed by atoms with Crippen LogP contribution in [-0.2, 0) is 6.54 Å². The predicted octanol–water partition coefficient (Wildman–Crippen LogP) is 1.49. The highest BCUT2D eigenvalue weighted by atomic mass is 16.5. The van der Waals surface area contributed by atoms with Crippen molar-refractivity contribution < 1.29 is 9.63 Å². The van der Waals surface area contributed by atoms with Gasteiger partial charge in [0.2, 0.25) is 0 Å². The Morgan fingerprint density at radius 3 is 2.60 bits per heavy atom. The third-order valence-electron chi connectivity index (χ3n) is 2.54. The summed E-state index contributed by atoms with van der Waals surface area (Å²) in [5.74, 6) is 0.886. The molecule has 15 heavy (non-hydrogen) atoms. The fraction of sp³-hybridized carbons (Fsp3) is 0.727. The second-order valence-electron chi connectivity index (χ2n) is 4.18. The lowest BCUT2D eigenvalue weighted by Gasteiger charge is -2.17. The van der Waals surface area contributed by atoms with Crippen molar-refractivity contribution in [1.82, 2.24) is 10.1 Å². The van der Waals surface area contributed by atoms with Crippen LogP contribution in [-0.4, -0.2) is 34.9 Å². The zero-order chi connectivity index (χ0) is 11.4. The molecule has 0 fully saturated rings. The molecule has 0 aromatic carbocycles. The maximum absolute atomic E-state index is 9.18. The largest absolute Gasteiger partial charge is 0.393 e. The Balaban J connectivity index is 2.47. The van der Waals surface area contributed by atoms with Gasteiger partial charge in [-0.25, -0.2) is 0 Å². The van der Waals surface area contributed by atoms with E-state index in [1.807, 2.05) is 27.8 Å². The van der Waals surface area contributed by atoms with E-state index in [4.69, 9.17) is 4.52 Å². The Bertz CT molecular complexity index is 288. The Kier molecular flexibility index (Phi) is 4.29. The highest BCUT2D eigenvalue weighted by Crippen LogP contribution is 2.14. The first-order valence-electron chi connectivity index (χ1n) is 5.29. The number of nitrogens with zero attached hydrogens (tertiary/aromatic N) is 2. The molecule has 0 aliphatic heterocycles. The van der Waals surface area contributed by atoms with Crippen molar-refractivity contribution in [1.29, 1.82) is 0 Å². The summed E-state index contributed by atoms with van der Waals surface area (Å²) < 4.78 is 5.10. The van der Waals surface area contributed by atoms with Crippen molar-refractivity contribution >= 4 is 0 Å². The highest BCUT2D eigenvalue weighted by molar-refractivity contribution is 5.20. The van der Waals surface area contributed by atoms with E-state index >= 15 is 0 Å². The maximum Gasteiger partial charge on any atom is 0.138 e. The summed E-state index contributed by atoms with van der Waals surface area (Å²) in [6.45, 7) is 7.39. The van der Waals surface area contributed by atoms with Crippen LogP contribution in [0, 0.1) is 13.8 Å². The molecule has 1 atom stereocenters. The van der Waals surface area contributed by atoms with Gasteiger partial charge in [0, 0.05) is 18.7 Å². The topological polar surface area (TPSA) is 49.5 Å². The van der Waals surface area contributed by atoms with Crippen LogP contribution >= 0.6 is 0 Å². The molecule has 0 amide bonds. The molecule has 0 aliphatic rings. The van der Waals surface area contributed by atoms with Crippen LogP contribution in [0.5, 0.6) is 0 Å². The van der Waals surface area contributed by atoms with Gasteiger partial charge < -0.3 is 14.5 Å². The molecule has 1 aromatic rings. The molecule has 1 aromatic heterocycles. The van der Waals surface area contributed by atoms with Gasteiger partial charge in [-0.2, -0.15) is 0 Å². The van der Waals surface area contributed by atoms with Crippen molar-refractivity contribution in [2.24, 2.45) is 0 Å². The molecule has 0 bridgehead atoms. The average molecular weight is 212 g/mol. The van der Waals surface area contributed by atoms with E-state index in [0.717, 1.165) is 36.5 Å². The molecule has 0 radical (unpaired) electrons. The van der Waals surface area contributed by atoms with Crippen molar-refractivity contribution in [3.8, 4) is 0 Å². The molecule has 1 unspecified atom stereocenters. The number of aliphatic hydroxyl groups is 1. The van der Waals surface area contributed by atoms with E-state index in [1.54, 1.807) is 0 Å². The van der Waals surface area contributed by atoms with Gasteiger partial charge in [-0.1, -0.05) is 5.16 Å². The van der Waals surface area contributed by atoms with Crippen LogP contribution in [0.4, 0.5) is 0 Å². The summed E-state index contributed by atoms with van der Waals surface area (Å²) in [5, 5.41) is 13.1. The predicted molar refractivity (Wildman–Crippen MR) is 58.6 cm³/mol. The molecule has 86 valence electrons. The quantitative estimate of drug-likeness (QED) is 0.803. The number of aliphatic hydroxyl groups excluding tert-OH is 1. The van der Waals surface area contributed by atoms with Gasteiger partial charge in [0.1, 0.15) is 5.76 Å². The minimum atomic E-state index is -0.239. The minimum Gasteiger partial charge on any atom is -0.393 e.